The van der Waals surface area contributed by atoms with E-state index in [0.717, 1.165) is 16.8 Å². The number of carbonyl (C=O) groups excluding carboxylic acids is 2. The molecule has 28 heavy (non-hydrogen) atoms. The number of ether oxygens (including phenoxy) is 2. The van der Waals surface area contributed by atoms with Crippen LogP contribution >= 0.6 is 0 Å². The van der Waals surface area contributed by atoms with Gasteiger partial charge in [0.05, 0.1) is 12.2 Å². The Kier molecular flexibility index (Phi) is 5.14. The minimum atomic E-state index is -0.122. The van der Waals surface area contributed by atoms with Crippen LogP contribution in [0.25, 0.3) is 5.70 Å². The van der Waals surface area contributed by atoms with Crippen LogP contribution in [0.3, 0.4) is 0 Å². The van der Waals surface area contributed by atoms with E-state index in [4.69, 9.17) is 9.47 Å². The number of benzene rings is 2. The van der Waals surface area contributed by atoms with Crippen LogP contribution in [0, 0.1) is 0 Å². The molecule has 7 heteroatoms. The summed E-state index contributed by atoms with van der Waals surface area (Å²) in [6.07, 6.45) is 2.40. The predicted molar refractivity (Wildman–Crippen MR) is 103 cm³/mol. The highest BCUT2D eigenvalue weighted by Gasteiger charge is 2.20. The first kappa shape index (κ1) is 17.9. The third-order valence-electron chi connectivity index (χ3n) is 4.61. The van der Waals surface area contributed by atoms with E-state index >= 15 is 0 Å². The summed E-state index contributed by atoms with van der Waals surface area (Å²) < 4.78 is 10.6. The fourth-order valence-electron chi connectivity index (χ4n) is 3.09. The molecule has 2 amide bonds. The summed E-state index contributed by atoms with van der Waals surface area (Å²) in [6, 6.07) is 15.4. The zero-order valence-electron chi connectivity index (χ0n) is 15.3. The molecule has 0 saturated carbocycles. The molecule has 2 aromatic rings. The topological polar surface area (TPSA) is 79.9 Å². The molecule has 0 fully saturated rings. The lowest BCUT2D eigenvalue weighted by atomic mass is 10.1. The van der Waals surface area contributed by atoms with Crippen LogP contribution in [0.4, 0.5) is 0 Å². The van der Waals surface area contributed by atoms with Crippen LogP contribution < -0.4 is 20.2 Å². The number of nitrogens with one attached hydrogen (secondary N) is 2. The van der Waals surface area contributed by atoms with Crippen molar-refractivity contribution in [1.82, 2.24) is 15.8 Å². The molecule has 2 aliphatic heterocycles. The van der Waals surface area contributed by atoms with Gasteiger partial charge in [-0.05, 0) is 29.3 Å². The van der Waals surface area contributed by atoms with Gasteiger partial charge < -0.3 is 14.8 Å². The predicted octanol–water partition coefficient (Wildman–Crippen LogP) is 2.20. The van der Waals surface area contributed by atoms with Crippen LogP contribution in [0.2, 0.25) is 0 Å². The van der Waals surface area contributed by atoms with Crippen LogP contribution in [-0.4, -0.2) is 30.2 Å². The molecule has 4 rings (SSSR count). The highest BCUT2D eigenvalue weighted by molar-refractivity contribution is 5.84. The lowest BCUT2D eigenvalue weighted by Gasteiger charge is -2.29. The maximum absolute atomic E-state index is 12.2. The zero-order chi connectivity index (χ0) is 19.3. The third kappa shape index (κ3) is 4.09. The van der Waals surface area contributed by atoms with E-state index in [2.05, 4.69) is 10.7 Å². The van der Waals surface area contributed by atoms with Crippen LogP contribution in [0.1, 0.15) is 24.0 Å². The lowest BCUT2D eigenvalue weighted by molar-refractivity contribution is -0.133. The van der Waals surface area contributed by atoms with Crippen molar-refractivity contribution >= 4 is 17.5 Å². The van der Waals surface area contributed by atoms with Crippen molar-refractivity contribution in [2.24, 2.45) is 0 Å². The van der Waals surface area contributed by atoms with Crippen LogP contribution in [0.15, 0.2) is 54.6 Å². The van der Waals surface area contributed by atoms with E-state index in [1.165, 1.54) is 5.01 Å². The van der Waals surface area contributed by atoms with Gasteiger partial charge in [0.1, 0.15) is 0 Å². The summed E-state index contributed by atoms with van der Waals surface area (Å²) in [7, 11) is 0. The molecule has 0 atom stereocenters. The molecule has 7 nitrogen and oxygen atoms in total. The molecule has 144 valence electrons. The van der Waals surface area contributed by atoms with Crippen molar-refractivity contribution in [1.29, 1.82) is 0 Å². The quantitative estimate of drug-likeness (QED) is 0.804. The van der Waals surface area contributed by atoms with Crippen LogP contribution in [-0.2, 0) is 16.1 Å². The SMILES string of the molecule is O=C(CCN1NC(c2ccccc2)=CCC1=O)NCc1ccc2c(c1)OCO2. The Morgan fingerprint density at radius 3 is 2.79 bits per heavy atom. The van der Waals surface area contributed by atoms with Crippen molar-refractivity contribution < 1.29 is 19.1 Å². The third-order valence-corrected chi connectivity index (χ3v) is 4.61. The molecule has 2 N–H and O–H groups in total. The maximum atomic E-state index is 12.2. The smallest absolute Gasteiger partial charge is 0.244 e. The highest BCUT2D eigenvalue weighted by atomic mass is 16.7. The Hall–Kier alpha value is -3.48. The minimum absolute atomic E-state index is 0.0525. The summed E-state index contributed by atoms with van der Waals surface area (Å²) in [5.41, 5.74) is 5.92. The zero-order valence-corrected chi connectivity index (χ0v) is 15.3. The number of hydrogen-bond acceptors (Lipinski definition) is 5. The molecule has 2 heterocycles. The van der Waals surface area contributed by atoms with E-state index in [0.29, 0.717) is 31.0 Å². The van der Waals surface area contributed by atoms with E-state index in [1.807, 2.05) is 54.6 Å². The Balaban J connectivity index is 1.27. The number of fused-ring (bicyclic) bond motifs is 1. The second-order valence-corrected chi connectivity index (χ2v) is 6.56. The maximum Gasteiger partial charge on any atom is 0.244 e. The van der Waals surface area contributed by atoms with Gasteiger partial charge >= 0.3 is 0 Å². The number of rotatable bonds is 6. The van der Waals surface area contributed by atoms with Crippen molar-refractivity contribution in [2.75, 3.05) is 13.3 Å². The van der Waals surface area contributed by atoms with E-state index in [1.54, 1.807) is 0 Å². The summed E-state index contributed by atoms with van der Waals surface area (Å²) in [6.45, 7) is 0.920. The molecule has 0 radical (unpaired) electrons. The molecular formula is C21H21N3O4. The van der Waals surface area contributed by atoms with E-state index < -0.39 is 0 Å². The van der Waals surface area contributed by atoms with Gasteiger partial charge in [-0.1, -0.05) is 36.4 Å². The fraction of sp³-hybridized carbons (Fsp3) is 0.238. The number of carbonyl (C=O) groups is 2. The van der Waals surface area contributed by atoms with E-state index in [9.17, 15) is 9.59 Å². The number of amides is 2. The lowest BCUT2D eigenvalue weighted by Crippen LogP contribution is -2.45. The average molecular weight is 379 g/mol. The summed E-state index contributed by atoms with van der Waals surface area (Å²) in [5, 5.41) is 4.37. The first-order chi connectivity index (χ1) is 13.7. The summed E-state index contributed by atoms with van der Waals surface area (Å²) >= 11 is 0. The molecule has 0 unspecified atom stereocenters. The van der Waals surface area contributed by atoms with Gasteiger partial charge in [-0.25, -0.2) is 0 Å². The summed E-state index contributed by atoms with van der Waals surface area (Å²) in [4.78, 5) is 24.3. The molecular weight excluding hydrogens is 358 g/mol. The number of hydrazine groups is 1. The van der Waals surface area contributed by atoms with Crippen molar-refractivity contribution in [2.45, 2.75) is 19.4 Å². The largest absolute Gasteiger partial charge is 0.454 e. The number of hydrogen-bond donors (Lipinski definition) is 2. The normalized spacial score (nSPS) is 15.1. The fourth-order valence-corrected chi connectivity index (χ4v) is 3.09. The molecule has 0 saturated heterocycles. The summed E-state index contributed by atoms with van der Waals surface area (Å²) in [5.74, 6) is 1.23. The second-order valence-electron chi connectivity index (χ2n) is 6.56. The van der Waals surface area contributed by atoms with Crippen molar-refractivity contribution in [3.8, 4) is 11.5 Å². The van der Waals surface area contributed by atoms with Gasteiger partial charge in [0, 0.05) is 19.4 Å². The molecule has 0 spiro atoms. The second kappa shape index (κ2) is 8.04. The van der Waals surface area contributed by atoms with Gasteiger partial charge in [0.2, 0.25) is 18.6 Å². The minimum Gasteiger partial charge on any atom is -0.454 e. The molecule has 2 aliphatic rings. The van der Waals surface area contributed by atoms with Gasteiger partial charge in [-0.2, -0.15) is 0 Å². The molecule has 0 aromatic heterocycles. The Morgan fingerprint density at radius 1 is 1.11 bits per heavy atom. The van der Waals surface area contributed by atoms with Gasteiger partial charge in [-0.3, -0.25) is 20.0 Å². The van der Waals surface area contributed by atoms with Crippen LogP contribution in [0.5, 0.6) is 11.5 Å². The van der Waals surface area contributed by atoms with Gasteiger partial charge in [-0.15, -0.1) is 0 Å². The van der Waals surface area contributed by atoms with Gasteiger partial charge in [0.15, 0.2) is 11.5 Å². The van der Waals surface area contributed by atoms with Crippen molar-refractivity contribution in [3.63, 3.8) is 0 Å². The van der Waals surface area contributed by atoms with Crippen molar-refractivity contribution in [3.05, 3.63) is 65.7 Å². The Labute approximate surface area is 162 Å². The number of nitrogens with zero attached hydrogens (tertiary/aromatic N) is 1. The monoisotopic (exact) mass is 379 g/mol. The highest BCUT2D eigenvalue weighted by Crippen LogP contribution is 2.32. The Bertz CT molecular complexity index is 911. The molecule has 2 aromatic carbocycles. The standard InChI is InChI=1S/C21H21N3O4/c25-20(22-13-15-6-8-18-19(12-15)28-14-27-18)10-11-24-21(26)9-7-17(23-24)16-4-2-1-3-5-16/h1-8,12,23H,9-11,13-14H2,(H,22,25). The average Bonchev–Trinajstić information content (AvgIpc) is 3.20. The first-order valence-electron chi connectivity index (χ1n) is 9.17. The first-order valence-corrected chi connectivity index (χ1v) is 9.17. The molecule has 0 bridgehead atoms. The molecule has 0 aliphatic carbocycles. The Morgan fingerprint density at radius 2 is 1.93 bits per heavy atom. The van der Waals surface area contributed by atoms with Gasteiger partial charge in [0.25, 0.3) is 0 Å². The van der Waals surface area contributed by atoms with E-state index in [-0.39, 0.29) is 25.0 Å².